The SMILES string of the molecule is CCOC1CCN(CC(=O)c2ccc(C)cc2)CC1. The third kappa shape index (κ3) is 4.15. The van der Waals surface area contributed by atoms with Gasteiger partial charge in [-0.05, 0) is 26.7 Å². The van der Waals surface area contributed by atoms with E-state index in [1.807, 2.05) is 38.1 Å². The number of benzene rings is 1. The fraction of sp³-hybridized carbons (Fsp3) is 0.562. The number of rotatable bonds is 5. The van der Waals surface area contributed by atoms with Crippen molar-refractivity contribution in [2.75, 3.05) is 26.2 Å². The molecule has 1 aliphatic heterocycles. The third-order valence-corrected chi connectivity index (χ3v) is 3.68. The number of hydrogen-bond acceptors (Lipinski definition) is 3. The van der Waals surface area contributed by atoms with E-state index in [0.717, 1.165) is 38.1 Å². The van der Waals surface area contributed by atoms with E-state index in [9.17, 15) is 4.79 Å². The predicted octanol–water partition coefficient (Wildman–Crippen LogP) is 2.68. The summed E-state index contributed by atoms with van der Waals surface area (Å²) in [6, 6.07) is 7.83. The van der Waals surface area contributed by atoms with Crippen LogP contribution in [0.4, 0.5) is 0 Å². The Balaban J connectivity index is 1.82. The zero-order valence-electron chi connectivity index (χ0n) is 11.9. The minimum absolute atomic E-state index is 0.217. The molecule has 0 amide bonds. The molecule has 0 N–H and O–H groups in total. The van der Waals surface area contributed by atoms with E-state index in [1.165, 1.54) is 5.56 Å². The molecule has 0 atom stereocenters. The molecule has 1 saturated heterocycles. The van der Waals surface area contributed by atoms with Crippen molar-refractivity contribution in [2.45, 2.75) is 32.8 Å². The van der Waals surface area contributed by atoms with Gasteiger partial charge in [0.2, 0.25) is 0 Å². The van der Waals surface area contributed by atoms with Crippen LogP contribution in [0.25, 0.3) is 0 Å². The number of carbonyl (C=O) groups excluding carboxylic acids is 1. The van der Waals surface area contributed by atoms with Gasteiger partial charge in [-0.3, -0.25) is 9.69 Å². The highest BCUT2D eigenvalue weighted by Crippen LogP contribution is 2.14. The molecule has 0 bridgehead atoms. The van der Waals surface area contributed by atoms with Crippen molar-refractivity contribution in [1.82, 2.24) is 4.90 Å². The minimum atomic E-state index is 0.217. The first-order valence-corrected chi connectivity index (χ1v) is 7.13. The summed E-state index contributed by atoms with van der Waals surface area (Å²) >= 11 is 0. The van der Waals surface area contributed by atoms with Gasteiger partial charge in [-0.25, -0.2) is 0 Å². The maximum Gasteiger partial charge on any atom is 0.176 e. The van der Waals surface area contributed by atoms with Crippen LogP contribution < -0.4 is 0 Å². The van der Waals surface area contributed by atoms with E-state index in [2.05, 4.69) is 4.90 Å². The zero-order chi connectivity index (χ0) is 13.7. The molecule has 0 radical (unpaired) electrons. The van der Waals surface area contributed by atoms with Crippen molar-refractivity contribution in [3.05, 3.63) is 35.4 Å². The van der Waals surface area contributed by atoms with Crippen LogP contribution in [0, 0.1) is 6.92 Å². The molecule has 1 fully saturated rings. The van der Waals surface area contributed by atoms with E-state index in [4.69, 9.17) is 4.74 Å². The smallest absolute Gasteiger partial charge is 0.176 e. The Labute approximate surface area is 115 Å². The van der Waals surface area contributed by atoms with Crippen LogP contribution in [0.5, 0.6) is 0 Å². The second-order valence-electron chi connectivity index (χ2n) is 5.22. The highest BCUT2D eigenvalue weighted by molar-refractivity contribution is 5.97. The van der Waals surface area contributed by atoms with Crippen LogP contribution in [0.15, 0.2) is 24.3 Å². The molecule has 19 heavy (non-hydrogen) atoms. The number of Topliss-reactive ketones (excluding diaryl/α,β-unsaturated/α-hetero) is 1. The lowest BCUT2D eigenvalue weighted by atomic mass is 10.1. The molecule has 0 spiro atoms. The van der Waals surface area contributed by atoms with E-state index >= 15 is 0 Å². The molecular formula is C16H23NO2. The van der Waals surface area contributed by atoms with Crippen LogP contribution in [-0.4, -0.2) is 43.0 Å². The van der Waals surface area contributed by atoms with Gasteiger partial charge in [0.05, 0.1) is 12.6 Å². The highest BCUT2D eigenvalue weighted by Gasteiger charge is 2.21. The largest absolute Gasteiger partial charge is 0.378 e. The van der Waals surface area contributed by atoms with Gasteiger partial charge < -0.3 is 4.74 Å². The summed E-state index contributed by atoms with van der Waals surface area (Å²) in [5, 5.41) is 0. The Morgan fingerprint density at radius 1 is 1.26 bits per heavy atom. The Hall–Kier alpha value is -1.19. The second kappa shape index (κ2) is 6.83. The summed E-state index contributed by atoms with van der Waals surface area (Å²) in [5.41, 5.74) is 2.01. The van der Waals surface area contributed by atoms with Crippen LogP contribution >= 0.6 is 0 Å². The van der Waals surface area contributed by atoms with Crippen molar-refractivity contribution in [1.29, 1.82) is 0 Å². The normalized spacial score (nSPS) is 17.6. The van der Waals surface area contributed by atoms with Crippen LogP contribution in [-0.2, 0) is 4.74 Å². The molecule has 1 heterocycles. The van der Waals surface area contributed by atoms with Gasteiger partial charge in [-0.2, -0.15) is 0 Å². The molecule has 0 aliphatic carbocycles. The van der Waals surface area contributed by atoms with E-state index in [-0.39, 0.29) is 5.78 Å². The topological polar surface area (TPSA) is 29.5 Å². The monoisotopic (exact) mass is 261 g/mol. The number of ether oxygens (including phenoxy) is 1. The number of aryl methyl sites for hydroxylation is 1. The maximum absolute atomic E-state index is 12.2. The summed E-state index contributed by atoms with van der Waals surface area (Å²) in [7, 11) is 0. The van der Waals surface area contributed by atoms with Gasteiger partial charge in [-0.1, -0.05) is 29.8 Å². The van der Waals surface area contributed by atoms with E-state index in [0.29, 0.717) is 12.6 Å². The minimum Gasteiger partial charge on any atom is -0.378 e. The van der Waals surface area contributed by atoms with E-state index < -0.39 is 0 Å². The summed E-state index contributed by atoms with van der Waals surface area (Å²) in [6.07, 6.45) is 2.46. The summed E-state index contributed by atoms with van der Waals surface area (Å²) < 4.78 is 5.62. The van der Waals surface area contributed by atoms with Crippen LogP contribution in [0.1, 0.15) is 35.7 Å². The number of nitrogens with zero attached hydrogens (tertiary/aromatic N) is 1. The molecule has 3 heteroatoms. The molecule has 1 aromatic rings. The lowest BCUT2D eigenvalue weighted by Gasteiger charge is -2.31. The highest BCUT2D eigenvalue weighted by atomic mass is 16.5. The Bertz CT molecular complexity index is 405. The lowest BCUT2D eigenvalue weighted by Crippen LogP contribution is -2.39. The van der Waals surface area contributed by atoms with Crippen molar-refractivity contribution >= 4 is 5.78 Å². The zero-order valence-corrected chi connectivity index (χ0v) is 11.9. The molecule has 1 aromatic carbocycles. The van der Waals surface area contributed by atoms with Gasteiger partial charge in [0, 0.05) is 25.3 Å². The summed E-state index contributed by atoms with van der Waals surface area (Å²) in [6.45, 7) is 7.31. The lowest BCUT2D eigenvalue weighted by molar-refractivity contribution is 0.0147. The molecular weight excluding hydrogens is 238 g/mol. The van der Waals surface area contributed by atoms with Crippen LogP contribution in [0.2, 0.25) is 0 Å². The van der Waals surface area contributed by atoms with Crippen LogP contribution in [0.3, 0.4) is 0 Å². The fourth-order valence-electron chi connectivity index (χ4n) is 2.50. The first-order valence-electron chi connectivity index (χ1n) is 7.13. The van der Waals surface area contributed by atoms with Crippen molar-refractivity contribution < 1.29 is 9.53 Å². The summed E-state index contributed by atoms with van der Waals surface area (Å²) in [4.78, 5) is 14.4. The predicted molar refractivity (Wildman–Crippen MR) is 76.6 cm³/mol. The number of ketones is 1. The van der Waals surface area contributed by atoms with Gasteiger partial charge in [0.1, 0.15) is 0 Å². The molecule has 0 unspecified atom stereocenters. The van der Waals surface area contributed by atoms with Crippen molar-refractivity contribution in [3.63, 3.8) is 0 Å². The fourth-order valence-corrected chi connectivity index (χ4v) is 2.50. The number of carbonyl (C=O) groups is 1. The second-order valence-corrected chi connectivity index (χ2v) is 5.22. The number of likely N-dealkylation sites (tertiary alicyclic amines) is 1. The van der Waals surface area contributed by atoms with Gasteiger partial charge in [0.25, 0.3) is 0 Å². The number of piperidine rings is 1. The Morgan fingerprint density at radius 2 is 1.89 bits per heavy atom. The standard InChI is InChI=1S/C16H23NO2/c1-3-19-15-8-10-17(11-9-15)12-16(18)14-6-4-13(2)5-7-14/h4-7,15H,3,8-12H2,1-2H3. The average molecular weight is 261 g/mol. The maximum atomic E-state index is 12.2. The van der Waals surface area contributed by atoms with Gasteiger partial charge in [0.15, 0.2) is 5.78 Å². The van der Waals surface area contributed by atoms with E-state index in [1.54, 1.807) is 0 Å². The quantitative estimate of drug-likeness (QED) is 0.763. The molecule has 0 aromatic heterocycles. The first kappa shape index (κ1) is 14.2. The average Bonchev–Trinajstić information content (AvgIpc) is 2.42. The molecule has 0 saturated carbocycles. The van der Waals surface area contributed by atoms with Gasteiger partial charge >= 0.3 is 0 Å². The first-order chi connectivity index (χ1) is 9.19. The van der Waals surface area contributed by atoms with Gasteiger partial charge in [-0.15, -0.1) is 0 Å². The molecule has 2 rings (SSSR count). The Kier molecular flexibility index (Phi) is 5.11. The van der Waals surface area contributed by atoms with Crippen molar-refractivity contribution in [3.8, 4) is 0 Å². The molecule has 1 aliphatic rings. The Morgan fingerprint density at radius 3 is 2.47 bits per heavy atom. The molecule has 3 nitrogen and oxygen atoms in total. The summed E-state index contributed by atoms with van der Waals surface area (Å²) in [5.74, 6) is 0.217. The van der Waals surface area contributed by atoms with Crippen molar-refractivity contribution in [2.24, 2.45) is 0 Å². The third-order valence-electron chi connectivity index (χ3n) is 3.68. The number of hydrogen-bond donors (Lipinski definition) is 0. The molecule has 104 valence electrons.